The van der Waals surface area contributed by atoms with Crippen LogP contribution in [0, 0.1) is 0 Å². The number of ether oxygens (including phenoxy) is 4. The summed E-state index contributed by atoms with van der Waals surface area (Å²) in [6.07, 6.45) is 44.3. The summed E-state index contributed by atoms with van der Waals surface area (Å²) in [4.78, 5) is 13.3. The first-order chi connectivity index (χ1) is 38.6. The molecule has 0 aromatic rings. The van der Waals surface area contributed by atoms with Gasteiger partial charge in [-0.2, -0.15) is 0 Å². The molecule has 0 aliphatic carbocycles. The van der Waals surface area contributed by atoms with Gasteiger partial charge >= 0.3 is 0 Å². The van der Waals surface area contributed by atoms with E-state index in [1.54, 1.807) is 6.08 Å². The second-order valence-corrected chi connectivity index (χ2v) is 24.0. The number of carbonyl (C=O) groups is 1. The maximum atomic E-state index is 13.3. The first-order valence-corrected chi connectivity index (χ1v) is 33.4. The summed E-state index contributed by atoms with van der Waals surface area (Å²) in [6, 6.07) is -0.909. The average Bonchev–Trinajstić information content (AvgIpc) is 3.45. The van der Waals surface area contributed by atoms with E-state index in [9.17, 15) is 45.6 Å². The molecular formula is C65H125NO13. The largest absolute Gasteiger partial charge is 0.394 e. The number of aliphatic hydroxyl groups is 8. The Labute approximate surface area is 482 Å². The molecule has 0 aromatic carbocycles. The van der Waals surface area contributed by atoms with Gasteiger partial charge in [0.2, 0.25) is 5.91 Å². The van der Waals surface area contributed by atoms with Crippen molar-refractivity contribution >= 4 is 5.91 Å². The molecule has 0 spiro atoms. The Hall–Kier alpha value is -1.27. The van der Waals surface area contributed by atoms with Crippen LogP contribution in [0.2, 0.25) is 0 Å². The number of amides is 1. The molecule has 12 atom stereocenters. The number of aliphatic hydroxyl groups excluding tert-OH is 8. The molecule has 79 heavy (non-hydrogen) atoms. The molecule has 0 radical (unpaired) electrons. The molecule has 9 N–H and O–H groups in total. The first kappa shape index (κ1) is 73.8. The van der Waals surface area contributed by atoms with Crippen LogP contribution < -0.4 is 5.32 Å². The molecule has 468 valence electrons. The average molecular weight is 1130 g/mol. The van der Waals surface area contributed by atoms with E-state index in [0.29, 0.717) is 6.42 Å². The third kappa shape index (κ3) is 36.2. The van der Waals surface area contributed by atoms with E-state index in [1.807, 2.05) is 6.08 Å². The van der Waals surface area contributed by atoms with Gasteiger partial charge in [0.05, 0.1) is 32.0 Å². The van der Waals surface area contributed by atoms with E-state index in [0.717, 1.165) is 38.5 Å². The standard InChI is InChI=1S/C65H125NO13/c1-3-5-7-9-11-13-15-17-18-19-20-21-22-23-24-25-26-27-28-29-30-31-32-33-34-35-37-39-41-43-45-47-49-57(70)66-53(54(69)48-46-44-42-40-38-36-16-14-12-10-8-6-4-2)52-76-64-62(75)60(73)63(56(51-68)78-64)79-65-61(74)59(72)58(71)55(50-67)77-65/h46,48,53-56,58-65,67-69,71-75H,3-45,47,49-52H2,1-2H3,(H,66,70)/b48-46+/t53-,54+,55+,56+,58-,59?,60?,61?,62?,63+,64+,65-/m0/s1. The Morgan fingerprint density at radius 1 is 0.443 bits per heavy atom. The van der Waals surface area contributed by atoms with Crippen molar-refractivity contribution in [2.75, 3.05) is 19.8 Å². The maximum Gasteiger partial charge on any atom is 0.220 e. The number of nitrogens with one attached hydrogen (secondary N) is 1. The molecular weight excluding hydrogens is 1000 g/mol. The second kappa shape index (κ2) is 51.2. The van der Waals surface area contributed by atoms with E-state index < -0.39 is 86.8 Å². The van der Waals surface area contributed by atoms with Gasteiger partial charge in [-0.15, -0.1) is 0 Å². The number of unbranched alkanes of at least 4 members (excludes halogenated alkanes) is 42. The Morgan fingerprint density at radius 2 is 0.785 bits per heavy atom. The highest BCUT2D eigenvalue weighted by molar-refractivity contribution is 5.76. The van der Waals surface area contributed by atoms with Crippen molar-refractivity contribution in [2.24, 2.45) is 0 Å². The molecule has 1 amide bonds. The number of hydrogen-bond donors (Lipinski definition) is 9. The van der Waals surface area contributed by atoms with E-state index >= 15 is 0 Å². The zero-order valence-corrected chi connectivity index (χ0v) is 50.6. The monoisotopic (exact) mass is 1130 g/mol. The minimum Gasteiger partial charge on any atom is -0.394 e. The van der Waals surface area contributed by atoms with Crippen LogP contribution in [0.4, 0.5) is 0 Å². The summed E-state index contributed by atoms with van der Waals surface area (Å²) in [5.74, 6) is -0.233. The highest BCUT2D eigenvalue weighted by Gasteiger charge is 2.51. The SMILES string of the molecule is CCCCCCCCCCCCC/C=C/[C@@H](O)[C@H](CO[C@@H]1O[C@H](CO)[C@@H](O[C@@H]2O[C@H](CO)[C@H](O)C(O)C2O)C(O)C1O)NC(=O)CCCCCCCCCCCCCCCCCCCCCCCCCCCCCCCCCC. The fourth-order valence-corrected chi connectivity index (χ4v) is 11.4. The molecule has 2 saturated heterocycles. The maximum absolute atomic E-state index is 13.3. The molecule has 14 nitrogen and oxygen atoms in total. The molecule has 0 saturated carbocycles. The van der Waals surface area contributed by atoms with Gasteiger partial charge in [-0.25, -0.2) is 0 Å². The van der Waals surface area contributed by atoms with Gasteiger partial charge in [-0.3, -0.25) is 4.79 Å². The van der Waals surface area contributed by atoms with Crippen molar-refractivity contribution in [1.82, 2.24) is 5.32 Å². The van der Waals surface area contributed by atoms with Crippen molar-refractivity contribution in [3.63, 3.8) is 0 Å². The van der Waals surface area contributed by atoms with Gasteiger partial charge < -0.3 is 65.1 Å². The molecule has 2 rings (SSSR count). The molecule has 0 bridgehead atoms. The van der Waals surface area contributed by atoms with Crippen molar-refractivity contribution in [2.45, 2.75) is 376 Å². The first-order valence-electron chi connectivity index (χ1n) is 33.4. The summed E-state index contributed by atoms with van der Waals surface area (Å²) in [6.45, 7) is 2.83. The zero-order chi connectivity index (χ0) is 57.4. The van der Waals surface area contributed by atoms with Gasteiger partial charge in [-0.05, 0) is 19.3 Å². The molecule has 14 heteroatoms. The summed E-state index contributed by atoms with van der Waals surface area (Å²) < 4.78 is 22.8. The Bertz CT molecular complexity index is 1380. The second-order valence-electron chi connectivity index (χ2n) is 24.0. The Morgan fingerprint density at radius 3 is 1.16 bits per heavy atom. The summed E-state index contributed by atoms with van der Waals surface area (Å²) in [5, 5.41) is 87.1. The molecule has 2 aliphatic rings. The van der Waals surface area contributed by atoms with Crippen LogP contribution in [0.15, 0.2) is 12.2 Å². The Balaban J connectivity index is 1.61. The fourth-order valence-electron chi connectivity index (χ4n) is 11.4. The lowest BCUT2D eigenvalue weighted by Gasteiger charge is -2.46. The lowest BCUT2D eigenvalue weighted by Crippen LogP contribution is -2.65. The Kier molecular flexibility index (Phi) is 47.8. The van der Waals surface area contributed by atoms with Crippen molar-refractivity contribution in [3.05, 3.63) is 12.2 Å². The normalized spacial score (nSPS) is 24.4. The van der Waals surface area contributed by atoms with Crippen molar-refractivity contribution in [1.29, 1.82) is 0 Å². The quantitative estimate of drug-likeness (QED) is 0.0204. The van der Waals surface area contributed by atoms with E-state index in [2.05, 4.69) is 19.2 Å². The summed E-state index contributed by atoms with van der Waals surface area (Å²) >= 11 is 0. The zero-order valence-electron chi connectivity index (χ0n) is 50.6. The third-order valence-corrected chi connectivity index (χ3v) is 16.7. The third-order valence-electron chi connectivity index (χ3n) is 16.7. The topological polar surface area (TPSA) is 228 Å². The van der Waals surface area contributed by atoms with Crippen molar-refractivity contribution in [3.8, 4) is 0 Å². The number of rotatable bonds is 55. The van der Waals surface area contributed by atoms with Crippen LogP contribution in [0.1, 0.15) is 303 Å². The molecule has 0 aromatic heterocycles. The molecule has 2 aliphatic heterocycles. The molecule has 2 fully saturated rings. The van der Waals surface area contributed by atoms with Crippen LogP contribution in [-0.2, 0) is 23.7 Å². The number of allylic oxidation sites excluding steroid dienone is 1. The molecule has 4 unspecified atom stereocenters. The predicted octanol–water partition coefficient (Wildman–Crippen LogP) is 12.6. The van der Waals surface area contributed by atoms with Crippen molar-refractivity contribution < 1.29 is 64.6 Å². The van der Waals surface area contributed by atoms with Gasteiger partial charge in [0, 0.05) is 6.42 Å². The van der Waals surface area contributed by atoms with Gasteiger partial charge in [0.15, 0.2) is 12.6 Å². The lowest BCUT2D eigenvalue weighted by atomic mass is 9.97. The fraction of sp³-hybridized carbons (Fsp3) is 0.954. The smallest absolute Gasteiger partial charge is 0.220 e. The minimum atomic E-state index is -1.79. The van der Waals surface area contributed by atoms with Gasteiger partial charge in [-0.1, -0.05) is 289 Å². The van der Waals surface area contributed by atoms with E-state index in [-0.39, 0.29) is 18.9 Å². The lowest BCUT2D eigenvalue weighted by molar-refractivity contribution is -0.359. The number of hydrogen-bond acceptors (Lipinski definition) is 13. The highest BCUT2D eigenvalue weighted by atomic mass is 16.7. The van der Waals surface area contributed by atoms with Crippen LogP contribution in [0.5, 0.6) is 0 Å². The van der Waals surface area contributed by atoms with Crippen LogP contribution >= 0.6 is 0 Å². The minimum absolute atomic E-state index is 0.233. The summed E-state index contributed by atoms with van der Waals surface area (Å²) in [5.41, 5.74) is 0. The van der Waals surface area contributed by atoms with E-state index in [4.69, 9.17) is 18.9 Å². The summed E-state index contributed by atoms with van der Waals surface area (Å²) in [7, 11) is 0. The van der Waals surface area contributed by atoms with Gasteiger partial charge in [0.1, 0.15) is 48.8 Å². The number of carbonyl (C=O) groups excluding carboxylic acids is 1. The highest BCUT2D eigenvalue weighted by Crippen LogP contribution is 2.30. The van der Waals surface area contributed by atoms with Gasteiger partial charge in [0.25, 0.3) is 0 Å². The van der Waals surface area contributed by atoms with Crippen LogP contribution in [0.3, 0.4) is 0 Å². The molecule has 2 heterocycles. The van der Waals surface area contributed by atoms with Crippen LogP contribution in [0.25, 0.3) is 0 Å². The van der Waals surface area contributed by atoms with E-state index in [1.165, 1.54) is 238 Å². The van der Waals surface area contributed by atoms with Crippen LogP contribution in [-0.4, -0.2) is 140 Å². The predicted molar refractivity (Wildman–Crippen MR) is 319 cm³/mol.